The minimum atomic E-state index is -0.761. The standard InChI is InChI=1S/C22H25NO5/c1-4-5-13-27-22(26)17-9-11-20(12-10-17)28-16(3)21(25)23-19-8-6-7-18(14-19)15(2)24/h6-12,14,16H,4-5,13H2,1-3H3,(H,23,25)/t16-/m0/s1. The minimum absolute atomic E-state index is 0.0753. The van der Waals surface area contributed by atoms with Crippen molar-refractivity contribution in [2.45, 2.75) is 39.7 Å². The number of rotatable bonds is 9. The summed E-state index contributed by atoms with van der Waals surface area (Å²) < 4.78 is 10.8. The van der Waals surface area contributed by atoms with Crippen molar-refractivity contribution in [3.63, 3.8) is 0 Å². The highest BCUT2D eigenvalue weighted by Crippen LogP contribution is 2.16. The molecule has 0 unspecified atom stereocenters. The number of nitrogens with one attached hydrogen (secondary N) is 1. The molecule has 0 spiro atoms. The Labute approximate surface area is 164 Å². The molecule has 0 saturated carbocycles. The number of anilines is 1. The van der Waals surface area contributed by atoms with E-state index >= 15 is 0 Å². The molecule has 148 valence electrons. The lowest BCUT2D eigenvalue weighted by Gasteiger charge is -2.15. The SMILES string of the molecule is CCCCOC(=O)c1ccc(O[C@@H](C)C(=O)Nc2cccc(C(C)=O)c2)cc1. The average molecular weight is 383 g/mol. The van der Waals surface area contributed by atoms with Crippen LogP contribution in [0.5, 0.6) is 5.75 Å². The monoisotopic (exact) mass is 383 g/mol. The van der Waals surface area contributed by atoms with Crippen LogP contribution < -0.4 is 10.1 Å². The van der Waals surface area contributed by atoms with E-state index in [0.29, 0.717) is 29.2 Å². The van der Waals surface area contributed by atoms with Crippen molar-refractivity contribution in [3.05, 3.63) is 59.7 Å². The lowest BCUT2D eigenvalue weighted by molar-refractivity contribution is -0.122. The first kappa shape index (κ1) is 21.2. The zero-order chi connectivity index (χ0) is 20.5. The molecule has 1 N–H and O–H groups in total. The zero-order valence-electron chi connectivity index (χ0n) is 16.4. The van der Waals surface area contributed by atoms with Gasteiger partial charge in [0.2, 0.25) is 0 Å². The number of unbranched alkanes of at least 4 members (excludes halogenated alkanes) is 1. The Morgan fingerprint density at radius 2 is 1.75 bits per heavy atom. The molecule has 0 aromatic heterocycles. The van der Waals surface area contributed by atoms with E-state index in [9.17, 15) is 14.4 Å². The molecule has 1 atom stereocenters. The Morgan fingerprint density at radius 1 is 1.04 bits per heavy atom. The Kier molecular flexibility index (Phi) is 7.75. The van der Waals surface area contributed by atoms with Gasteiger partial charge in [-0.05, 0) is 56.7 Å². The van der Waals surface area contributed by atoms with E-state index in [0.717, 1.165) is 12.8 Å². The van der Waals surface area contributed by atoms with E-state index in [1.54, 1.807) is 55.5 Å². The summed E-state index contributed by atoms with van der Waals surface area (Å²) in [5, 5.41) is 2.73. The van der Waals surface area contributed by atoms with Crippen LogP contribution in [0.15, 0.2) is 48.5 Å². The van der Waals surface area contributed by atoms with Gasteiger partial charge in [-0.15, -0.1) is 0 Å². The largest absolute Gasteiger partial charge is 0.481 e. The number of amides is 1. The maximum atomic E-state index is 12.3. The fourth-order valence-corrected chi connectivity index (χ4v) is 2.38. The highest BCUT2D eigenvalue weighted by atomic mass is 16.5. The predicted molar refractivity (Wildman–Crippen MR) is 107 cm³/mol. The molecule has 0 bridgehead atoms. The predicted octanol–water partition coefficient (Wildman–Crippen LogP) is 4.25. The lowest BCUT2D eigenvalue weighted by Crippen LogP contribution is -2.30. The summed E-state index contributed by atoms with van der Waals surface area (Å²) >= 11 is 0. The summed E-state index contributed by atoms with van der Waals surface area (Å²) in [5.74, 6) is -0.334. The van der Waals surface area contributed by atoms with Gasteiger partial charge in [0, 0.05) is 11.3 Å². The van der Waals surface area contributed by atoms with E-state index in [-0.39, 0.29) is 17.7 Å². The van der Waals surface area contributed by atoms with Gasteiger partial charge in [0.1, 0.15) is 5.75 Å². The van der Waals surface area contributed by atoms with Crippen LogP contribution in [0.1, 0.15) is 54.3 Å². The van der Waals surface area contributed by atoms with Crippen LogP contribution >= 0.6 is 0 Å². The average Bonchev–Trinajstić information content (AvgIpc) is 2.68. The minimum Gasteiger partial charge on any atom is -0.481 e. The Morgan fingerprint density at radius 3 is 2.39 bits per heavy atom. The first-order valence-electron chi connectivity index (χ1n) is 9.26. The number of ketones is 1. The highest BCUT2D eigenvalue weighted by Gasteiger charge is 2.16. The number of Topliss-reactive ketones (excluding diaryl/α,β-unsaturated/α-hetero) is 1. The molecular weight excluding hydrogens is 358 g/mol. The Bertz CT molecular complexity index is 829. The number of hydrogen-bond donors (Lipinski definition) is 1. The number of benzene rings is 2. The molecule has 0 aliphatic rings. The van der Waals surface area contributed by atoms with Crippen molar-refractivity contribution in [1.82, 2.24) is 0 Å². The Balaban J connectivity index is 1.92. The second kappa shape index (κ2) is 10.3. The fraction of sp³-hybridized carbons (Fsp3) is 0.318. The molecule has 2 aromatic carbocycles. The van der Waals surface area contributed by atoms with Crippen LogP contribution in [0.25, 0.3) is 0 Å². The summed E-state index contributed by atoms with van der Waals surface area (Å²) in [6.07, 6.45) is 1.02. The summed E-state index contributed by atoms with van der Waals surface area (Å²) in [5.41, 5.74) is 1.48. The van der Waals surface area contributed by atoms with Gasteiger partial charge < -0.3 is 14.8 Å². The van der Waals surface area contributed by atoms with Crippen LogP contribution in [0, 0.1) is 0 Å². The van der Waals surface area contributed by atoms with Gasteiger partial charge in [0.25, 0.3) is 5.91 Å². The number of carbonyl (C=O) groups excluding carboxylic acids is 3. The molecular formula is C22H25NO5. The van der Waals surface area contributed by atoms with Crippen LogP contribution in [-0.4, -0.2) is 30.4 Å². The number of esters is 1. The van der Waals surface area contributed by atoms with Gasteiger partial charge in [-0.2, -0.15) is 0 Å². The molecule has 0 heterocycles. The first-order valence-corrected chi connectivity index (χ1v) is 9.26. The summed E-state index contributed by atoms with van der Waals surface area (Å²) in [7, 11) is 0. The highest BCUT2D eigenvalue weighted by molar-refractivity contribution is 5.98. The molecule has 0 aliphatic carbocycles. The van der Waals surface area contributed by atoms with Crippen molar-refractivity contribution < 1.29 is 23.9 Å². The van der Waals surface area contributed by atoms with Crippen molar-refractivity contribution in [2.75, 3.05) is 11.9 Å². The van der Waals surface area contributed by atoms with Gasteiger partial charge in [0.15, 0.2) is 11.9 Å². The maximum absolute atomic E-state index is 12.3. The molecule has 1 amide bonds. The molecule has 2 rings (SSSR count). The van der Waals surface area contributed by atoms with Crippen molar-refractivity contribution in [2.24, 2.45) is 0 Å². The number of hydrogen-bond acceptors (Lipinski definition) is 5. The molecule has 28 heavy (non-hydrogen) atoms. The van der Waals surface area contributed by atoms with Gasteiger partial charge in [-0.1, -0.05) is 25.5 Å². The molecule has 2 aromatic rings. The molecule has 6 nitrogen and oxygen atoms in total. The summed E-state index contributed by atoms with van der Waals surface area (Å²) in [6.45, 7) is 5.51. The van der Waals surface area contributed by atoms with Crippen LogP contribution in [-0.2, 0) is 9.53 Å². The third kappa shape index (κ3) is 6.23. The van der Waals surface area contributed by atoms with E-state index in [4.69, 9.17) is 9.47 Å². The summed E-state index contributed by atoms with van der Waals surface area (Å²) in [6, 6.07) is 13.2. The van der Waals surface area contributed by atoms with Crippen molar-refractivity contribution in [3.8, 4) is 5.75 Å². The summed E-state index contributed by atoms with van der Waals surface area (Å²) in [4.78, 5) is 35.7. The smallest absolute Gasteiger partial charge is 0.338 e. The van der Waals surface area contributed by atoms with Gasteiger partial charge in [-0.3, -0.25) is 9.59 Å². The zero-order valence-corrected chi connectivity index (χ0v) is 16.4. The molecule has 0 saturated heterocycles. The van der Waals surface area contributed by atoms with E-state index < -0.39 is 6.10 Å². The van der Waals surface area contributed by atoms with Gasteiger partial charge in [0.05, 0.1) is 12.2 Å². The van der Waals surface area contributed by atoms with E-state index in [1.165, 1.54) is 6.92 Å². The molecule has 0 aliphatic heterocycles. The first-order chi connectivity index (χ1) is 13.4. The van der Waals surface area contributed by atoms with Crippen LogP contribution in [0.2, 0.25) is 0 Å². The van der Waals surface area contributed by atoms with Crippen molar-refractivity contribution >= 4 is 23.3 Å². The second-order valence-corrected chi connectivity index (χ2v) is 6.40. The van der Waals surface area contributed by atoms with E-state index in [2.05, 4.69) is 5.32 Å². The van der Waals surface area contributed by atoms with Crippen LogP contribution in [0.3, 0.4) is 0 Å². The third-order valence-electron chi connectivity index (χ3n) is 4.04. The molecule has 6 heteroatoms. The number of carbonyl (C=O) groups is 3. The number of ether oxygens (including phenoxy) is 2. The maximum Gasteiger partial charge on any atom is 0.338 e. The second-order valence-electron chi connectivity index (χ2n) is 6.40. The quantitative estimate of drug-likeness (QED) is 0.398. The molecule has 0 radical (unpaired) electrons. The fourth-order valence-electron chi connectivity index (χ4n) is 2.38. The van der Waals surface area contributed by atoms with Crippen molar-refractivity contribution in [1.29, 1.82) is 0 Å². The Hall–Kier alpha value is -3.15. The normalized spacial score (nSPS) is 11.4. The van der Waals surface area contributed by atoms with E-state index in [1.807, 2.05) is 6.92 Å². The lowest BCUT2D eigenvalue weighted by atomic mass is 10.1. The van der Waals surface area contributed by atoms with Crippen LogP contribution in [0.4, 0.5) is 5.69 Å². The van der Waals surface area contributed by atoms with Gasteiger partial charge >= 0.3 is 5.97 Å². The third-order valence-corrected chi connectivity index (χ3v) is 4.04. The molecule has 0 fully saturated rings. The topological polar surface area (TPSA) is 81.7 Å². The van der Waals surface area contributed by atoms with Gasteiger partial charge in [-0.25, -0.2) is 4.79 Å².